The minimum Gasteiger partial charge on any atom is -0.344 e. The summed E-state index contributed by atoms with van der Waals surface area (Å²) in [5.41, 5.74) is 3.55. The first kappa shape index (κ1) is 13.3. The number of benzene rings is 1. The number of nitrogens with one attached hydrogen (secondary N) is 2. The highest BCUT2D eigenvalue weighted by molar-refractivity contribution is 5.61. The van der Waals surface area contributed by atoms with Crippen LogP contribution < -0.4 is 5.32 Å². The van der Waals surface area contributed by atoms with Crippen LogP contribution in [-0.2, 0) is 13.0 Å². The first-order valence-electron chi connectivity index (χ1n) is 7.43. The lowest BCUT2D eigenvalue weighted by molar-refractivity contribution is 0.228. The van der Waals surface area contributed by atoms with Crippen LogP contribution in [0.4, 0.5) is 0 Å². The van der Waals surface area contributed by atoms with Crippen LogP contribution in [0.5, 0.6) is 0 Å². The Labute approximate surface area is 120 Å². The Hall–Kier alpha value is -1.65. The number of aromatic amines is 1. The Morgan fingerprint density at radius 3 is 2.60 bits per heavy atom. The number of hydrogen-bond acceptors (Lipinski definition) is 3. The van der Waals surface area contributed by atoms with E-state index >= 15 is 0 Å². The van der Waals surface area contributed by atoms with Crippen LogP contribution >= 0.6 is 0 Å². The van der Waals surface area contributed by atoms with E-state index in [0.29, 0.717) is 0 Å². The van der Waals surface area contributed by atoms with Crippen molar-refractivity contribution in [3.63, 3.8) is 0 Å². The Morgan fingerprint density at radius 1 is 1.15 bits per heavy atom. The minimum atomic E-state index is 0.918. The number of aryl methyl sites for hydroxylation is 1. The summed E-state index contributed by atoms with van der Waals surface area (Å²) < 4.78 is 0. The van der Waals surface area contributed by atoms with E-state index in [0.717, 1.165) is 50.7 Å². The number of aromatic nitrogens is 2. The summed E-state index contributed by atoms with van der Waals surface area (Å²) >= 11 is 0. The molecular weight excluding hydrogens is 248 g/mol. The van der Waals surface area contributed by atoms with Gasteiger partial charge in [0.15, 0.2) is 0 Å². The first-order valence-corrected chi connectivity index (χ1v) is 7.43. The standard InChI is InChI=1S/C16H22N4/c1-2-14-16(13-6-4-3-5-7-13)19-15(18-14)12-20-10-8-17-9-11-20/h3-7,17H,2,8-12H2,1H3,(H,18,19). The Morgan fingerprint density at radius 2 is 1.90 bits per heavy atom. The zero-order valence-corrected chi connectivity index (χ0v) is 12.0. The summed E-state index contributed by atoms with van der Waals surface area (Å²) in [4.78, 5) is 10.8. The maximum absolute atomic E-state index is 4.83. The van der Waals surface area contributed by atoms with Gasteiger partial charge in [-0.3, -0.25) is 4.90 Å². The largest absolute Gasteiger partial charge is 0.344 e. The molecule has 0 radical (unpaired) electrons. The maximum Gasteiger partial charge on any atom is 0.121 e. The molecule has 0 spiro atoms. The molecule has 2 aromatic rings. The second-order valence-corrected chi connectivity index (χ2v) is 5.26. The molecule has 0 saturated carbocycles. The third-order valence-corrected chi connectivity index (χ3v) is 3.81. The summed E-state index contributed by atoms with van der Waals surface area (Å²) in [6, 6.07) is 10.4. The van der Waals surface area contributed by atoms with Crippen LogP contribution in [0.1, 0.15) is 18.4 Å². The molecule has 4 heteroatoms. The van der Waals surface area contributed by atoms with Gasteiger partial charge in [0.25, 0.3) is 0 Å². The maximum atomic E-state index is 4.83. The van der Waals surface area contributed by atoms with E-state index in [-0.39, 0.29) is 0 Å². The first-order chi connectivity index (χ1) is 9.86. The van der Waals surface area contributed by atoms with Crippen molar-refractivity contribution in [3.8, 4) is 11.3 Å². The number of rotatable bonds is 4. The van der Waals surface area contributed by atoms with Gasteiger partial charge in [-0.15, -0.1) is 0 Å². The molecule has 0 aliphatic carbocycles. The molecule has 106 valence electrons. The average molecular weight is 270 g/mol. The summed E-state index contributed by atoms with van der Waals surface area (Å²) in [5, 5.41) is 3.38. The normalized spacial score (nSPS) is 16.4. The summed E-state index contributed by atoms with van der Waals surface area (Å²) in [7, 11) is 0. The van der Waals surface area contributed by atoms with E-state index in [9.17, 15) is 0 Å². The summed E-state index contributed by atoms with van der Waals surface area (Å²) in [6.07, 6.45) is 0.985. The van der Waals surface area contributed by atoms with Gasteiger partial charge in [-0.2, -0.15) is 0 Å². The molecule has 1 fully saturated rings. The van der Waals surface area contributed by atoms with Gasteiger partial charge in [0.2, 0.25) is 0 Å². The van der Waals surface area contributed by atoms with E-state index in [1.807, 2.05) is 6.07 Å². The Bertz CT molecular complexity index is 541. The van der Waals surface area contributed by atoms with Crippen LogP contribution in [0.2, 0.25) is 0 Å². The molecule has 0 amide bonds. The van der Waals surface area contributed by atoms with Crippen LogP contribution in [-0.4, -0.2) is 41.0 Å². The summed E-state index contributed by atoms with van der Waals surface area (Å²) in [5.74, 6) is 1.09. The number of imidazole rings is 1. The van der Waals surface area contributed by atoms with Gasteiger partial charge in [0.05, 0.1) is 12.2 Å². The molecule has 0 unspecified atom stereocenters. The SMILES string of the molecule is CCc1[nH]c(CN2CCNCC2)nc1-c1ccccc1. The third-order valence-electron chi connectivity index (χ3n) is 3.81. The van der Waals surface area contributed by atoms with Gasteiger partial charge in [0.1, 0.15) is 5.82 Å². The highest BCUT2D eigenvalue weighted by atomic mass is 15.2. The van der Waals surface area contributed by atoms with Crippen molar-refractivity contribution in [3.05, 3.63) is 41.9 Å². The lowest BCUT2D eigenvalue weighted by atomic mass is 10.1. The topological polar surface area (TPSA) is 44.0 Å². The van der Waals surface area contributed by atoms with Crippen molar-refractivity contribution in [1.29, 1.82) is 0 Å². The van der Waals surface area contributed by atoms with E-state index in [4.69, 9.17) is 4.98 Å². The van der Waals surface area contributed by atoms with E-state index < -0.39 is 0 Å². The van der Waals surface area contributed by atoms with E-state index in [1.54, 1.807) is 0 Å². The van der Waals surface area contributed by atoms with Crippen molar-refractivity contribution in [2.24, 2.45) is 0 Å². The van der Waals surface area contributed by atoms with Crippen LogP contribution in [0.3, 0.4) is 0 Å². The monoisotopic (exact) mass is 270 g/mol. The molecule has 1 saturated heterocycles. The number of nitrogens with zero attached hydrogens (tertiary/aromatic N) is 2. The predicted octanol–water partition coefficient (Wildman–Crippen LogP) is 2.04. The second-order valence-electron chi connectivity index (χ2n) is 5.26. The average Bonchev–Trinajstić information content (AvgIpc) is 2.92. The molecule has 1 aliphatic rings. The van der Waals surface area contributed by atoms with Crippen LogP contribution in [0.25, 0.3) is 11.3 Å². The Kier molecular flexibility index (Phi) is 4.14. The van der Waals surface area contributed by atoms with Gasteiger partial charge in [-0.05, 0) is 6.42 Å². The molecule has 0 bridgehead atoms. The number of H-pyrrole nitrogens is 1. The van der Waals surface area contributed by atoms with Crippen LogP contribution in [0, 0.1) is 0 Å². The van der Waals surface area contributed by atoms with Crippen molar-refractivity contribution in [1.82, 2.24) is 20.2 Å². The van der Waals surface area contributed by atoms with Gasteiger partial charge in [0, 0.05) is 37.4 Å². The van der Waals surface area contributed by atoms with E-state index in [1.165, 1.54) is 11.3 Å². The number of hydrogen-bond donors (Lipinski definition) is 2. The summed E-state index contributed by atoms with van der Waals surface area (Å²) in [6.45, 7) is 7.45. The highest BCUT2D eigenvalue weighted by Crippen LogP contribution is 2.22. The second kappa shape index (κ2) is 6.20. The molecule has 0 atom stereocenters. The van der Waals surface area contributed by atoms with Crippen molar-refractivity contribution < 1.29 is 0 Å². The van der Waals surface area contributed by atoms with Crippen LogP contribution in [0.15, 0.2) is 30.3 Å². The fourth-order valence-corrected chi connectivity index (χ4v) is 2.71. The van der Waals surface area contributed by atoms with Crippen molar-refractivity contribution >= 4 is 0 Å². The van der Waals surface area contributed by atoms with Crippen molar-refractivity contribution in [2.75, 3.05) is 26.2 Å². The molecule has 1 aliphatic heterocycles. The molecule has 4 nitrogen and oxygen atoms in total. The smallest absolute Gasteiger partial charge is 0.121 e. The van der Waals surface area contributed by atoms with Gasteiger partial charge in [-0.25, -0.2) is 4.98 Å². The predicted molar refractivity (Wildman–Crippen MR) is 81.5 cm³/mol. The van der Waals surface area contributed by atoms with E-state index in [2.05, 4.69) is 46.4 Å². The quantitative estimate of drug-likeness (QED) is 0.893. The third kappa shape index (κ3) is 2.92. The lowest BCUT2D eigenvalue weighted by Crippen LogP contribution is -2.43. The Balaban J connectivity index is 1.81. The molecule has 2 heterocycles. The molecule has 20 heavy (non-hydrogen) atoms. The lowest BCUT2D eigenvalue weighted by Gasteiger charge is -2.26. The van der Waals surface area contributed by atoms with Gasteiger partial charge >= 0.3 is 0 Å². The molecule has 3 rings (SSSR count). The molecular formula is C16H22N4. The zero-order chi connectivity index (χ0) is 13.8. The van der Waals surface area contributed by atoms with Gasteiger partial charge in [-0.1, -0.05) is 37.3 Å². The van der Waals surface area contributed by atoms with Gasteiger partial charge < -0.3 is 10.3 Å². The number of piperazine rings is 1. The molecule has 1 aromatic heterocycles. The fourth-order valence-electron chi connectivity index (χ4n) is 2.71. The fraction of sp³-hybridized carbons (Fsp3) is 0.438. The molecule has 1 aromatic carbocycles. The highest BCUT2D eigenvalue weighted by Gasteiger charge is 2.15. The molecule has 2 N–H and O–H groups in total. The zero-order valence-electron chi connectivity index (χ0n) is 12.0. The van der Waals surface area contributed by atoms with Crippen molar-refractivity contribution in [2.45, 2.75) is 19.9 Å². The minimum absolute atomic E-state index is 0.918.